The van der Waals surface area contributed by atoms with Crippen LogP contribution in [0.3, 0.4) is 0 Å². The Morgan fingerprint density at radius 3 is 2.24 bits per heavy atom. The zero-order valence-corrected chi connectivity index (χ0v) is 11.7. The van der Waals surface area contributed by atoms with Crippen molar-refractivity contribution in [3.8, 4) is 0 Å². The molecule has 17 heavy (non-hydrogen) atoms. The SMILES string of the molecule is Cc1ccc(C(=O)NC(C)(C)CC(C)(C)C)o1. The van der Waals surface area contributed by atoms with Crippen LogP contribution in [0.5, 0.6) is 0 Å². The Balaban J connectivity index is 2.68. The van der Waals surface area contributed by atoms with Gasteiger partial charge in [0, 0.05) is 5.54 Å². The predicted molar refractivity (Wildman–Crippen MR) is 69.1 cm³/mol. The van der Waals surface area contributed by atoms with Gasteiger partial charge >= 0.3 is 0 Å². The second-order valence-corrected chi connectivity index (χ2v) is 6.49. The first-order valence-corrected chi connectivity index (χ1v) is 5.98. The third-order valence-electron chi connectivity index (χ3n) is 2.39. The van der Waals surface area contributed by atoms with Gasteiger partial charge in [-0.25, -0.2) is 0 Å². The van der Waals surface area contributed by atoms with Crippen LogP contribution in [0.25, 0.3) is 0 Å². The first kappa shape index (κ1) is 13.8. The van der Waals surface area contributed by atoms with Gasteiger partial charge in [0.2, 0.25) is 0 Å². The number of hydrogen-bond donors (Lipinski definition) is 1. The molecule has 1 amide bonds. The van der Waals surface area contributed by atoms with Crippen molar-refractivity contribution in [3.05, 3.63) is 23.7 Å². The van der Waals surface area contributed by atoms with Crippen molar-refractivity contribution in [2.45, 2.75) is 53.5 Å². The molecule has 0 aromatic carbocycles. The normalized spacial score (nSPS) is 12.6. The molecular weight excluding hydrogens is 214 g/mol. The van der Waals surface area contributed by atoms with Crippen LogP contribution in [0.1, 0.15) is 57.4 Å². The monoisotopic (exact) mass is 237 g/mol. The molecule has 1 N–H and O–H groups in total. The maximum atomic E-state index is 12.0. The summed E-state index contributed by atoms with van der Waals surface area (Å²) in [6.45, 7) is 12.4. The highest BCUT2D eigenvalue weighted by Crippen LogP contribution is 2.27. The van der Waals surface area contributed by atoms with Crippen molar-refractivity contribution >= 4 is 5.91 Å². The summed E-state index contributed by atoms with van der Waals surface area (Å²) in [5.41, 5.74) is -0.0636. The Hall–Kier alpha value is -1.25. The summed E-state index contributed by atoms with van der Waals surface area (Å²) in [4.78, 5) is 12.0. The number of furan rings is 1. The van der Waals surface area contributed by atoms with Crippen molar-refractivity contribution < 1.29 is 9.21 Å². The predicted octanol–water partition coefficient (Wildman–Crippen LogP) is 3.53. The fourth-order valence-corrected chi connectivity index (χ4v) is 2.30. The van der Waals surface area contributed by atoms with Gasteiger partial charge in [-0.05, 0) is 44.7 Å². The van der Waals surface area contributed by atoms with Crippen LogP contribution in [-0.2, 0) is 0 Å². The Labute approximate surface area is 104 Å². The average Bonchev–Trinajstić information content (AvgIpc) is 2.45. The van der Waals surface area contributed by atoms with Gasteiger partial charge in [0.25, 0.3) is 5.91 Å². The van der Waals surface area contributed by atoms with E-state index in [0.29, 0.717) is 5.76 Å². The largest absolute Gasteiger partial charge is 0.456 e. The number of nitrogens with one attached hydrogen (secondary N) is 1. The van der Waals surface area contributed by atoms with E-state index in [1.54, 1.807) is 12.1 Å². The van der Waals surface area contributed by atoms with Gasteiger partial charge < -0.3 is 9.73 Å². The van der Waals surface area contributed by atoms with Crippen LogP contribution < -0.4 is 5.32 Å². The van der Waals surface area contributed by atoms with Gasteiger partial charge in [0.05, 0.1) is 0 Å². The highest BCUT2D eigenvalue weighted by Gasteiger charge is 2.28. The van der Waals surface area contributed by atoms with E-state index < -0.39 is 0 Å². The molecule has 3 heteroatoms. The zero-order chi connectivity index (χ0) is 13.3. The molecule has 0 saturated heterocycles. The van der Waals surface area contributed by atoms with Gasteiger partial charge in [-0.15, -0.1) is 0 Å². The molecule has 1 rings (SSSR count). The summed E-state index contributed by atoms with van der Waals surface area (Å²) >= 11 is 0. The summed E-state index contributed by atoms with van der Waals surface area (Å²) in [7, 11) is 0. The van der Waals surface area contributed by atoms with E-state index in [1.165, 1.54) is 0 Å². The van der Waals surface area contributed by atoms with Crippen molar-refractivity contribution in [2.24, 2.45) is 5.41 Å². The Bertz CT molecular complexity index is 397. The number of hydrogen-bond acceptors (Lipinski definition) is 2. The minimum atomic E-state index is -0.240. The molecule has 1 aromatic heterocycles. The molecule has 3 nitrogen and oxygen atoms in total. The maximum absolute atomic E-state index is 12.0. The highest BCUT2D eigenvalue weighted by atomic mass is 16.3. The Kier molecular flexibility index (Phi) is 3.70. The Morgan fingerprint density at radius 2 is 1.82 bits per heavy atom. The average molecular weight is 237 g/mol. The second-order valence-electron chi connectivity index (χ2n) is 6.49. The van der Waals surface area contributed by atoms with Crippen LogP contribution in [0, 0.1) is 12.3 Å². The minimum absolute atomic E-state index is 0.146. The first-order valence-electron chi connectivity index (χ1n) is 5.98. The lowest BCUT2D eigenvalue weighted by Gasteiger charge is -2.33. The summed E-state index contributed by atoms with van der Waals surface area (Å²) in [6, 6.07) is 3.50. The highest BCUT2D eigenvalue weighted by molar-refractivity contribution is 5.91. The van der Waals surface area contributed by atoms with Crippen molar-refractivity contribution in [2.75, 3.05) is 0 Å². The molecule has 1 heterocycles. The van der Waals surface area contributed by atoms with Gasteiger partial charge in [0.1, 0.15) is 5.76 Å². The maximum Gasteiger partial charge on any atom is 0.287 e. The third-order valence-corrected chi connectivity index (χ3v) is 2.39. The lowest BCUT2D eigenvalue weighted by molar-refractivity contribution is 0.0861. The standard InChI is InChI=1S/C14H23NO2/c1-10-7-8-11(17-10)12(16)15-14(5,6)9-13(2,3)4/h7-8H,9H2,1-6H3,(H,15,16). The Morgan fingerprint density at radius 1 is 1.24 bits per heavy atom. The lowest BCUT2D eigenvalue weighted by atomic mass is 9.82. The molecule has 0 aliphatic rings. The fraction of sp³-hybridized carbons (Fsp3) is 0.643. The summed E-state index contributed by atoms with van der Waals surface area (Å²) in [6.07, 6.45) is 0.908. The number of aryl methyl sites for hydroxylation is 1. The number of rotatable bonds is 3. The van der Waals surface area contributed by atoms with E-state index in [2.05, 4.69) is 26.1 Å². The zero-order valence-electron chi connectivity index (χ0n) is 11.7. The molecule has 1 aromatic rings. The minimum Gasteiger partial charge on any atom is -0.456 e. The molecule has 0 fully saturated rings. The third kappa shape index (κ3) is 4.63. The fourth-order valence-electron chi connectivity index (χ4n) is 2.30. The lowest BCUT2D eigenvalue weighted by Crippen LogP contribution is -2.45. The van der Waals surface area contributed by atoms with Gasteiger partial charge in [-0.3, -0.25) is 4.79 Å². The summed E-state index contributed by atoms with van der Waals surface area (Å²) < 4.78 is 5.31. The molecule has 0 bridgehead atoms. The summed E-state index contributed by atoms with van der Waals surface area (Å²) in [5.74, 6) is 0.987. The van der Waals surface area contributed by atoms with Crippen molar-refractivity contribution in [1.29, 1.82) is 0 Å². The van der Waals surface area contributed by atoms with Crippen molar-refractivity contribution in [3.63, 3.8) is 0 Å². The molecule has 0 radical (unpaired) electrons. The van der Waals surface area contributed by atoms with Gasteiger partial charge in [-0.1, -0.05) is 20.8 Å². The number of carbonyl (C=O) groups is 1. The van der Waals surface area contributed by atoms with Crippen LogP contribution in [0.2, 0.25) is 0 Å². The van der Waals surface area contributed by atoms with E-state index in [-0.39, 0.29) is 16.9 Å². The summed E-state index contributed by atoms with van der Waals surface area (Å²) in [5, 5.41) is 3.01. The van der Waals surface area contributed by atoms with E-state index >= 15 is 0 Å². The molecule has 0 aliphatic heterocycles. The second kappa shape index (κ2) is 4.55. The molecule has 96 valence electrons. The molecule has 0 atom stereocenters. The van der Waals surface area contributed by atoms with Crippen LogP contribution >= 0.6 is 0 Å². The smallest absolute Gasteiger partial charge is 0.287 e. The van der Waals surface area contributed by atoms with Crippen LogP contribution in [-0.4, -0.2) is 11.4 Å². The molecular formula is C14H23NO2. The van der Waals surface area contributed by atoms with E-state index in [9.17, 15) is 4.79 Å². The first-order chi connectivity index (χ1) is 7.59. The topological polar surface area (TPSA) is 42.2 Å². The molecule has 0 spiro atoms. The van der Waals surface area contributed by atoms with E-state index in [0.717, 1.165) is 12.2 Å². The van der Waals surface area contributed by atoms with Gasteiger partial charge in [-0.2, -0.15) is 0 Å². The van der Waals surface area contributed by atoms with Gasteiger partial charge in [0.15, 0.2) is 5.76 Å². The molecule has 0 unspecified atom stereocenters. The number of carbonyl (C=O) groups excluding carboxylic acids is 1. The molecule has 0 aliphatic carbocycles. The number of amides is 1. The van der Waals surface area contributed by atoms with E-state index in [1.807, 2.05) is 20.8 Å². The quantitative estimate of drug-likeness (QED) is 0.873. The molecule has 0 saturated carbocycles. The van der Waals surface area contributed by atoms with Crippen LogP contribution in [0.4, 0.5) is 0 Å². The van der Waals surface area contributed by atoms with Crippen LogP contribution in [0.15, 0.2) is 16.5 Å². The van der Waals surface area contributed by atoms with E-state index in [4.69, 9.17) is 4.42 Å². The van der Waals surface area contributed by atoms with Crippen molar-refractivity contribution in [1.82, 2.24) is 5.32 Å².